The Hall–Kier alpha value is -1.54. The molecule has 0 aliphatic carbocycles. The first-order chi connectivity index (χ1) is 9.28. The smallest absolute Gasteiger partial charge is 0.156 e. The van der Waals surface area contributed by atoms with E-state index >= 15 is 0 Å². The zero-order valence-corrected chi connectivity index (χ0v) is 13.2. The number of sulfone groups is 1. The van der Waals surface area contributed by atoms with Crippen LogP contribution in [-0.4, -0.2) is 32.0 Å². The monoisotopic (exact) mass is 294 g/mol. The van der Waals surface area contributed by atoms with E-state index in [9.17, 15) is 8.42 Å². The number of hydrogen-bond donors (Lipinski definition) is 0. The Balaban J connectivity index is 2.80. The van der Waals surface area contributed by atoms with Crippen LogP contribution < -0.4 is 4.90 Å². The molecule has 20 heavy (non-hydrogen) atoms. The molecule has 0 saturated heterocycles. The molecule has 0 aromatic heterocycles. The van der Waals surface area contributed by atoms with Gasteiger partial charge in [-0.2, -0.15) is 5.26 Å². The third-order valence-corrected chi connectivity index (χ3v) is 5.76. The maximum Gasteiger partial charge on any atom is 0.156 e. The maximum absolute atomic E-state index is 12.2. The Bertz CT molecular complexity index is 554. The normalized spacial score (nSPS) is 11.9. The van der Waals surface area contributed by atoms with Crippen molar-refractivity contribution in [1.82, 2.24) is 0 Å². The molecule has 0 radical (unpaired) electrons. The molecule has 0 N–H and O–H groups in total. The van der Waals surface area contributed by atoms with Gasteiger partial charge in [-0.1, -0.05) is 18.2 Å². The molecule has 0 atom stereocenters. The second kappa shape index (κ2) is 6.76. The fraction of sp³-hybridized carbons (Fsp3) is 0.533. The summed E-state index contributed by atoms with van der Waals surface area (Å²) >= 11 is 0. The predicted octanol–water partition coefficient (Wildman–Crippen LogP) is 2.62. The van der Waals surface area contributed by atoms with Crippen LogP contribution in [0.2, 0.25) is 0 Å². The molecule has 110 valence electrons. The minimum absolute atomic E-state index is 0.0941. The summed E-state index contributed by atoms with van der Waals surface area (Å²) in [5.41, 5.74) is 0.951. The van der Waals surface area contributed by atoms with Crippen molar-refractivity contribution < 1.29 is 8.42 Å². The van der Waals surface area contributed by atoms with Crippen LogP contribution in [0.25, 0.3) is 0 Å². The third kappa shape index (κ3) is 4.53. The lowest BCUT2D eigenvalue weighted by Crippen LogP contribution is -2.37. The molecule has 0 heterocycles. The molecule has 0 aliphatic rings. The summed E-state index contributed by atoms with van der Waals surface area (Å²) in [7, 11) is -3.15. The van der Waals surface area contributed by atoms with Crippen LogP contribution in [0.1, 0.15) is 27.2 Å². The van der Waals surface area contributed by atoms with E-state index in [0.29, 0.717) is 19.5 Å². The molecule has 1 aromatic rings. The van der Waals surface area contributed by atoms with Crippen LogP contribution >= 0.6 is 0 Å². The molecule has 0 amide bonds. The average molecular weight is 294 g/mol. The largest absolute Gasteiger partial charge is 0.369 e. The van der Waals surface area contributed by atoms with E-state index in [1.165, 1.54) is 0 Å². The lowest BCUT2D eigenvalue weighted by molar-refractivity contribution is 0.559. The number of rotatable bonds is 6. The van der Waals surface area contributed by atoms with Gasteiger partial charge in [0, 0.05) is 18.8 Å². The SMILES string of the molecule is CC(C)(C)S(=O)(=O)CCN(CCC#N)c1ccccc1. The average Bonchev–Trinajstić information content (AvgIpc) is 2.38. The van der Waals surface area contributed by atoms with Crippen molar-refractivity contribution in [2.24, 2.45) is 0 Å². The van der Waals surface area contributed by atoms with Crippen molar-refractivity contribution in [2.45, 2.75) is 31.9 Å². The lowest BCUT2D eigenvalue weighted by Gasteiger charge is -2.26. The lowest BCUT2D eigenvalue weighted by atomic mass is 10.2. The first-order valence-electron chi connectivity index (χ1n) is 6.67. The summed E-state index contributed by atoms with van der Waals surface area (Å²) in [6.07, 6.45) is 0.379. The van der Waals surface area contributed by atoms with E-state index < -0.39 is 14.6 Å². The van der Waals surface area contributed by atoms with Gasteiger partial charge in [0.15, 0.2) is 9.84 Å². The van der Waals surface area contributed by atoms with Gasteiger partial charge in [-0.25, -0.2) is 8.42 Å². The number of para-hydroxylation sites is 1. The van der Waals surface area contributed by atoms with E-state index in [4.69, 9.17) is 5.26 Å². The van der Waals surface area contributed by atoms with Crippen molar-refractivity contribution in [3.63, 3.8) is 0 Å². The predicted molar refractivity (Wildman–Crippen MR) is 82.4 cm³/mol. The molecule has 0 unspecified atom stereocenters. The van der Waals surface area contributed by atoms with Gasteiger partial charge < -0.3 is 4.90 Å². The van der Waals surface area contributed by atoms with E-state index in [1.807, 2.05) is 35.2 Å². The minimum Gasteiger partial charge on any atom is -0.369 e. The van der Waals surface area contributed by atoms with Crippen LogP contribution in [0.15, 0.2) is 30.3 Å². The van der Waals surface area contributed by atoms with Gasteiger partial charge in [0.2, 0.25) is 0 Å². The van der Waals surface area contributed by atoms with Crippen LogP contribution in [0.4, 0.5) is 5.69 Å². The first kappa shape index (κ1) is 16.5. The Kier molecular flexibility index (Phi) is 5.58. The van der Waals surface area contributed by atoms with Crippen molar-refractivity contribution in [2.75, 3.05) is 23.7 Å². The molecule has 1 rings (SSSR count). The van der Waals surface area contributed by atoms with E-state index in [2.05, 4.69) is 6.07 Å². The van der Waals surface area contributed by atoms with Gasteiger partial charge in [0.05, 0.1) is 23.0 Å². The number of nitriles is 1. The van der Waals surface area contributed by atoms with E-state index in [-0.39, 0.29) is 5.75 Å². The highest BCUT2D eigenvalue weighted by Crippen LogP contribution is 2.18. The zero-order valence-electron chi connectivity index (χ0n) is 12.3. The standard InChI is InChI=1S/C15H22N2O2S/c1-15(2,3)20(18,19)13-12-17(11-7-10-16)14-8-5-4-6-9-14/h4-6,8-9H,7,11-13H2,1-3H3. The molecule has 1 aromatic carbocycles. The van der Waals surface area contributed by atoms with Crippen LogP contribution in [0.3, 0.4) is 0 Å². The number of hydrogen-bond acceptors (Lipinski definition) is 4. The zero-order chi connectivity index (χ0) is 15.2. The van der Waals surface area contributed by atoms with Gasteiger partial charge in [0.1, 0.15) is 0 Å². The van der Waals surface area contributed by atoms with Gasteiger partial charge in [0.25, 0.3) is 0 Å². The molecule has 5 heteroatoms. The van der Waals surface area contributed by atoms with Crippen molar-refractivity contribution in [3.8, 4) is 6.07 Å². The highest BCUT2D eigenvalue weighted by Gasteiger charge is 2.29. The van der Waals surface area contributed by atoms with E-state index in [0.717, 1.165) is 5.69 Å². The van der Waals surface area contributed by atoms with Crippen molar-refractivity contribution in [3.05, 3.63) is 30.3 Å². The summed E-state index contributed by atoms with van der Waals surface area (Å²) < 4.78 is 23.6. The topological polar surface area (TPSA) is 61.2 Å². The highest BCUT2D eigenvalue weighted by molar-refractivity contribution is 7.92. The fourth-order valence-corrected chi connectivity index (χ4v) is 2.80. The maximum atomic E-state index is 12.2. The molecule has 0 aliphatic heterocycles. The van der Waals surface area contributed by atoms with Gasteiger partial charge in [-0.3, -0.25) is 0 Å². The molecular weight excluding hydrogens is 272 g/mol. The first-order valence-corrected chi connectivity index (χ1v) is 8.32. The summed E-state index contributed by atoms with van der Waals surface area (Å²) in [5, 5.41) is 8.72. The minimum atomic E-state index is -3.15. The number of nitrogens with zero attached hydrogens (tertiary/aromatic N) is 2. The summed E-state index contributed by atoms with van der Waals surface area (Å²) in [5.74, 6) is 0.0941. The molecule has 0 saturated carbocycles. The number of anilines is 1. The van der Waals surface area contributed by atoms with Crippen LogP contribution in [0, 0.1) is 11.3 Å². The van der Waals surface area contributed by atoms with Crippen LogP contribution in [-0.2, 0) is 9.84 Å². The van der Waals surface area contributed by atoms with Gasteiger partial charge in [-0.05, 0) is 32.9 Å². The Morgan fingerprint density at radius 3 is 2.25 bits per heavy atom. The second-order valence-corrected chi connectivity index (χ2v) is 8.52. The Labute approximate surface area is 121 Å². The summed E-state index contributed by atoms with van der Waals surface area (Å²) in [6.45, 7) is 6.09. The second-order valence-electron chi connectivity index (χ2n) is 5.66. The Morgan fingerprint density at radius 1 is 1.15 bits per heavy atom. The number of benzene rings is 1. The third-order valence-electron chi connectivity index (χ3n) is 3.18. The quantitative estimate of drug-likeness (QED) is 0.809. The van der Waals surface area contributed by atoms with E-state index in [1.54, 1.807) is 20.8 Å². The highest BCUT2D eigenvalue weighted by atomic mass is 32.2. The van der Waals surface area contributed by atoms with Crippen molar-refractivity contribution >= 4 is 15.5 Å². The van der Waals surface area contributed by atoms with Gasteiger partial charge >= 0.3 is 0 Å². The Morgan fingerprint density at radius 2 is 1.75 bits per heavy atom. The summed E-state index contributed by atoms with van der Waals surface area (Å²) in [4.78, 5) is 1.95. The molecule has 0 bridgehead atoms. The van der Waals surface area contributed by atoms with Crippen molar-refractivity contribution in [1.29, 1.82) is 5.26 Å². The molecule has 4 nitrogen and oxygen atoms in total. The van der Waals surface area contributed by atoms with Gasteiger partial charge in [-0.15, -0.1) is 0 Å². The molecule has 0 spiro atoms. The fourth-order valence-electron chi connectivity index (χ4n) is 1.73. The molecular formula is C15H22N2O2S. The van der Waals surface area contributed by atoms with Crippen LogP contribution in [0.5, 0.6) is 0 Å². The molecule has 0 fully saturated rings. The summed E-state index contributed by atoms with van der Waals surface area (Å²) in [6, 6.07) is 11.7.